The molecule has 1 heterocycles. The molecule has 3 rings (SSSR count). The average molecular weight is 334 g/mol. The van der Waals surface area contributed by atoms with Gasteiger partial charge < -0.3 is 20.1 Å². The van der Waals surface area contributed by atoms with Gasteiger partial charge >= 0.3 is 0 Å². The van der Waals surface area contributed by atoms with E-state index in [9.17, 15) is 20.1 Å². The predicted molar refractivity (Wildman–Crippen MR) is 89.3 cm³/mol. The molecule has 0 amide bonds. The van der Waals surface area contributed by atoms with E-state index < -0.39 is 23.2 Å². The number of aryl methyl sites for hydroxylation is 1. The molecule has 132 valence electrons. The van der Waals surface area contributed by atoms with Gasteiger partial charge in [0, 0.05) is 12.0 Å². The number of aliphatic hydroxyl groups is 2. The highest BCUT2D eigenvalue weighted by atomic mass is 16.5. The molecule has 0 radical (unpaired) electrons. The number of benzene rings is 1. The van der Waals surface area contributed by atoms with Crippen molar-refractivity contribution in [1.29, 1.82) is 0 Å². The van der Waals surface area contributed by atoms with Gasteiger partial charge in [0.15, 0.2) is 23.4 Å². The molecule has 0 spiro atoms. The first-order valence-corrected chi connectivity index (χ1v) is 8.64. The van der Waals surface area contributed by atoms with Crippen molar-refractivity contribution in [3.63, 3.8) is 0 Å². The van der Waals surface area contributed by atoms with Gasteiger partial charge in [-0.2, -0.15) is 0 Å². The number of phenolic OH excluding ortho intramolecular Hbond substituents is 1. The molecule has 0 saturated heterocycles. The normalized spacial score (nSPS) is 34.9. The first kappa shape index (κ1) is 17.2. The summed E-state index contributed by atoms with van der Waals surface area (Å²) >= 11 is 0. The zero-order chi connectivity index (χ0) is 17.9. The molecule has 1 aromatic rings. The summed E-state index contributed by atoms with van der Waals surface area (Å²) < 4.78 is 5.91. The lowest BCUT2D eigenvalue weighted by molar-refractivity contribution is -0.199. The number of carbonyl (C=O) groups excluding carboxylic acids is 1. The molecule has 5 nitrogen and oxygen atoms in total. The van der Waals surface area contributed by atoms with Crippen LogP contribution >= 0.6 is 0 Å². The van der Waals surface area contributed by atoms with Crippen LogP contribution in [0.3, 0.4) is 0 Å². The van der Waals surface area contributed by atoms with Crippen molar-refractivity contribution in [1.82, 2.24) is 0 Å². The first-order chi connectivity index (χ1) is 11.2. The number of ether oxygens (including phenoxy) is 1. The lowest BCUT2D eigenvalue weighted by Gasteiger charge is -2.55. The second kappa shape index (κ2) is 5.46. The Balaban J connectivity index is 2.39. The fourth-order valence-corrected chi connectivity index (χ4v) is 4.95. The number of fused-ring (bicyclic) bond motifs is 3. The highest BCUT2D eigenvalue weighted by Crippen LogP contribution is 2.61. The van der Waals surface area contributed by atoms with Crippen LogP contribution in [0.25, 0.3) is 0 Å². The number of carbonyl (C=O) groups is 1. The Labute approximate surface area is 142 Å². The summed E-state index contributed by atoms with van der Waals surface area (Å²) in [7, 11) is 0. The minimum Gasteiger partial charge on any atom is -0.504 e. The van der Waals surface area contributed by atoms with Gasteiger partial charge in [0.25, 0.3) is 0 Å². The van der Waals surface area contributed by atoms with Crippen LogP contribution in [0.1, 0.15) is 51.2 Å². The Morgan fingerprint density at radius 1 is 1.38 bits per heavy atom. The Morgan fingerprint density at radius 2 is 2.04 bits per heavy atom. The lowest BCUT2D eigenvalue weighted by atomic mass is 9.52. The van der Waals surface area contributed by atoms with Gasteiger partial charge in [-0.15, -0.1) is 0 Å². The SMILES string of the molecule is CCCC12c3c(C)ccc(O)c3OC1C(=O)CC(O)C2(O)C(C)C. The zero-order valence-electron chi connectivity index (χ0n) is 14.7. The molecular formula is C19H26O5. The van der Waals surface area contributed by atoms with Crippen molar-refractivity contribution < 1.29 is 24.9 Å². The third-order valence-electron chi connectivity index (χ3n) is 5.91. The van der Waals surface area contributed by atoms with E-state index in [4.69, 9.17) is 4.74 Å². The molecule has 0 aromatic heterocycles. The largest absolute Gasteiger partial charge is 0.504 e. The number of rotatable bonds is 3. The topological polar surface area (TPSA) is 87.0 Å². The monoisotopic (exact) mass is 334 g/mol. The van der Waals surface area contributed by atoms with Crippen LogP contribution in [0.2, 0.25) is 0 Å². The van der Waals surface area contributed by atoms with Crippen LogP contribution in [0.5, 0.6) is 11.5 Å². The second-order valence-electron chi connectivity index (χ2n) is 7.49. The number of aliphatic hydroxyl groups excluding tert-OH is 1. The Hall–Kier alpha value is -1.59. The Kier molecular flexibility index (Phi) is 3.92. The van der Waals surface area contributed by atoms with Gasteiger partial charge in [-0.25, -0.2) is 0 Å². The quantitative estimate of drug-likeness (QED) is 0.789. The van der Waals surface area contributed by atoms with Crippen molar-refractivity contribution in [2.45, 2.75) is 70.2 Å². The van der Waals surface area contributed by atoms with Gasteiger partial charge in [0.1, 0.15) is 5.60 Å². The molecular weight excluding hydrogens is 308 g/mol. The number of hydrogen-bond acceptors (Lipinski definition) is 5. The maximum absolute atomic E-state index is 12.7. The fraction of sp³-hybridized carbons (Fsp3) is 0.632. The third-order valence-corrected chi connectivity index (χ3v) is 5.91. The molecule has 4 unspecified atom stereocenters. The van der Waals surface area contributed by atoms with E-state index in [1.807, 2.05) is 27.7 Å². The minimum atomic E-state index is -1.51. The van der Waals surface area contributed by atoms with Crippen molar-refractivity contribution in [3.8, 4) is 11.5 Å². The van der Waals surface area contributed by atoms with E-state index in [2.05, 4.69) is 0 Å². The van der Waals surface area contributed by atoms with Crippen LogP contribution in [0.4, 0.5) is 0 Å². The van der Waals surface area contributed by atoms with Crippen LogP contribution in [0, 0.1) is 12.8 Å². The van der Waals surface area contributed by atoms with Crippen molar-refractivity contribution in [2.24, 2.45) is 5.92 Å². The smallest absolute Gasteiger partial charge is 0.177 e. The highest BCUT2D eigenvalue weighted by molar-refractivity contribution is 5.90. The molecule has 1 aliphatic heterocycles. The van der Waals surface area contributed by atoms with E-state index in [0.29, 0.717) is 18.4 Å². The molecule has 24 heavy (non-hydrogen) atoms. The number of Topliss-reactive ketones (excluding diaryl/α,β-unsaturated/α-hetero) is 1. The van der Waals surface area contributed by atoms with Crippen LogP contribution < -0.4 is 4.74 Å². The molecule has 0 bridgehead atoms. The molecule has 1 aromatic carbocycles. The van der Waals surface area contributed by atoms with Gasteiger partial charge in [0.05, 0.1) is 11.5 Å². The second-order valence-corrected chi connectivity index (χ2v) is 7.49. The number of ketones is 1. The average Bonchev–Trinajstić information content (AvgIpc) is 2.87. The summed E-state index contributed by atoms with van der Waals surface area (Å²) in [6.07, 6.45) is -0.978. The van der Waals surface area contributed by atoms with Crippen molar-refractivity contribution >= 4 is 5.78 Å². The van der Waals surface area contributed by atoms with Crippen LogP contribution in [-0.4, -0.2) is 38.9 Å². The van der Waals surface area contributed by atoms with Gasteiger partial charge in [-0.1, -0.05) is 33.3 Å². The molecule has 5 heteroatoms. The standard InChI is InChI=1S/C19H26O5/c1-5-8-18-15-11(4)6-7-12(20)16(15)24-17(18)13(21)9-14(22)19(18,23)10(2)3/h6-7,10,14,17,20,22-23H,5,8-9H2,1-4H3. The zero-order valence-corrected chi connectivity index (χ0v) is 14.7. The van der Waals surface area contributed by atoms with Crippen LogP contribution in [-0.2, 0) is 10.2 Å². The minimum absolute atomic E-state index is 0.0335. The summed E-state index contributed by atoms with van der Waals surface area (Å²) in [6.45, 7) is 7.56. The maximum atomic E-state index is 12.7. The summed E-state index contributed by atoms with van der Waals surface area (Å²) in [4.78, 5) is 12.7. The highest BCUT2D eigenvalue weighted by Gasteiger charge is 2.70. The molecule has 2 aliphatic rings. The summed E-state index contributed by atoms with van der Waals surface area (Å²) in [5.41, 5.74) is -1.05. The number of aromatic hydroxyl groups is 1. The van der Waals surface area contributed by atoms with E-state index in [0.717, 1.165) is 5.56 Å². The van der Waals surface area contributed by atoms with Crippen molar-refractivity contribution in [2.75, 3.05) is 0 Å². The van der Waals surface area contributed by atoms with E-state index >= 15 is 0 Å². The number of hydrogen-bond donors (Lipinski definition) is 3. The molecule has 1 aliphatic carbocycles. The Bertz CT molecular complexity index is 683. The van der Waals surface area contributed by atoms with E-state index in [1.54, 1.807) is 12.1 Å². The van der Waals surface area contributed by atoms with E-state index in [1.165, 1.54) is 0 Å². The Morgan fingerprint density at radius 3 is 2.62 bits per heavy atom. The first-order valence-electron chi connectivity index (χ1n) is 8.64. The van der Waals surface area contributed by atoms with Crippen LogP contribution in [0.15, 0.2) is 12.1 Å². The summed E-state index contributed by atoms with van der Waals surface area (Å²) in [6, 6.07) is 3.31. The molecule has 4 atom stereocenters. The van der Waals surface area contributed by atoms with E-state index in [-0.39, 0.29) is 29.6 Å². The number of phenols is 1. The summed E-state index contributed by atoms with van der Waals surface area (Å²) in [5.74, 6) is -0.272. The van der Waals surface area contributed by atoms with Gasteiger partial charge in [0.2, 0.25) is 0 Å². The molecule has 1 saturated carbocycles. The predicted octanol–water partition coefficient (Wildman–Crippen LogP) is 2.22. The fourth-order valence-electron chi connectivity index (χ4n) is 4.95. The summed E-state index contributed by atoms with van der Waals surface area (Å²) in [5, 5.41) is 32.7. The maximum Gasteiger partial charge on any atom is 0.177 e. The molecule has 3 N–H and O–H groups in total. The van der Waals surface area contributed by atoms with Crippen molar-refractivity contribution in [3.05, 3.63) is 23.3 Å². The lowest BCUT2D eigenvalue weighted by Crippen LogP contribution is -2.71. The van der Waals surface area contributed by atoms with Gasteiger partial charge in [-0.3, -0.25) is 4.79 Å². The molecule has 1 fully saturated rings. The third kappa shape index (κ3) is 1.85. The van der Waals surface area contributed by atoms with Gasteiger partial charge in [-0.05, 0) is 30.9 Å².